The Morgan fingerprint density at radius 2 is 2.23 bits per heavy atom. The van der Waals surface area contributed by atoms with Crippen molar-refractivity contribution < 1.29 is 0 Å². The van der Waals surface area contributed by atoms with E-state index in [0.717, 1.165) is 24.0 Å². The maximum absolute atomic E-state index is 4.30. The van der Waals surface area contributed by atoms with Gasteiger partial charge in [-0.15, -0.1) is 0 Å². The Morgan fingerprint density at radius 1 is 1.38 bits per heavy atom. The number of thioether (sulfide) groups is 1. The quantitative estimate of drug-likeness (QED) is 0.768. The molecule has 1 aromatic heterocycles. The largest absolute Gasteiger partial charge is 0.361 e. The number of hydrogen-bond acceptors (Lipinski definition) is 4. The third kappa shape index (κ3) is 2.45. The van der Waals surface area contributed by atoms with Gasteiger partial charge in [-0.3, -0.25) is 9.98 Å². The Labute approximate surface area is 81.7 Å². The van der Waals surface area contributed by atoms with E-state index in [0.29, 0.717) is 0 Å². The summed E-state index contributed by atoms with van der Waals surface area (Å²) >= 11 is 1.78. The highest BCUT2D eigenvalue weighted by molar-refractivity contribution is 8.14. The van der Waals surface area contributed by atoms with Gasteiger partial charge < -0.3 is 5.32 Å². The first-order valence-corrected chi connectivity index (χ1v) is 5.24. The maximum atomic E-state index is 4.30. The van der Waals surface area contributed by atoms with Crippen LogP contribution in [0, 0.1) is 0 Å². The molecular formula is C9H11N3S. The molecule has 0 amide bonds. The summed E-state index contributed by atoms with van der Waals surface area (Å²) in [6.07, 6.45) is 3.61. The first kappa shape index (κ1) is 8.56. The average Bonchev–Trinajstić information content (AvgIpc) is 2.69. The van der Waals surface area contributed by atoms with Gasteiger partial charge in [0.25, 0.3) is 0 Å². The van der Waals surface area contributed by atoms with Crippen LogP contribution in [-0.4, -0.2) is 22.4 Å². The van der Waals surface area contributed by atoms with Crippen molar-refractivity contribution in [3.05, 3.63) is 30.1 Å². The fraction of sp³-hybridized carbons (Fsp3) is 0.333. The number of amidine groups is 1. The number of aliphatic imine (C=N–C) groups is 1. The molecular weight excluding hydrogens is 182 g/mol. The molecule has 1 aliphatic rings. The molecule has 2 rings (SSSR count). The lowest BCUT2D eigenvalue weighted by Crippen LogP contribution is -2.17. The van der Waals surface area contributed by atoms with Gasteiger partial charge in [-0.25, -0.2) is 0 Å². The van der Waals surface area contributed by atoms with E-state index in [4.69, 9.17) is 0 Å². The van der Waals surface area contributed by atoms with Crippen LogP contribution in [0.5, 0.6) is 0 Å². The lowest BCUT2D eigenvalue weighted by molar-refractivity contribution is 0.919. The second kappa shape index (κ2) is 4.28. The molecule has 0 saturated carbocycles. The minimum Gasteiger partial charge on any atom is -0.361 e. The summed E-state index contributed by atoms with van der Waals surface area (Å²) in [6, 6.07) is 4.01. The molecule has 2 heterocycles. The third-order valence-corrected chi connectivity index (χ3v) is 2.71. The molecule has 0 radical (unpaired) electrons. The molecule has 68 valence electrons. The second-order valence-corrected chi connectivity index (χ2v) is 3.83. The predicted molar refractivity (Wildman–Crippen MR) is 55.8 cm³/mol. The van der Waals surface area contributed by atoms with E-state index < -0.39 is 0 Å². The number of hydrogen-bond donors (Lipinski definition) is 1. The van der Waals surface area contributed by atoms with Crippen LogP contribution >= 0.6 is 11.8 Å². The van der Waals surface area contributed by atoms with Crippen molar-refractivity contribution in [2.45, 2.75) is 6.54 Å². The summed E-state index contributed by atoms with van der Waals surface area (Å²) < 4.78 is 0. The van der Waals surface area contributed by atoms with E-state index in [1.54, 1.807) is 24.2 Å². The molecule has 1 N–H and O–H groups in total. The van der Waals surface area contributed by atoms with Crippen molar-refractivity contribution in [3.63, 3.8) is 0 Å². The van der Waals surface area contributed by atoms with Crippen LogP contribution in [0.4, 0.5) is 0 Å². The Balaban J connectivity index is 1.86. The predicted octanol–water partition coefficient (Wildman–Crippen LogP) is 1.27. The number of nitrogens with zero attached hydrogens (tertiary/aromatic N) is 2. The van der Waals surface area contributed by atoms with Gasteiger partial charge >= 0.3 is 0 Å². The van der Waals surface area contributed by atoms with Gasteiger partial charge in [-0.05, 0) is 17.7 Å². The van der Waals surface area contributed by atoms with Crippen LogP contribution < -0.4 is 5.32 Å². The Hall–Kier alpha value is -1.03. The van der Waals surface area contributed by atoms with E-state index >= 15 is 0 Å². The zero-order valence-corrected chi connectivity index (χ0v) is 8.05. The van der Waals surface area contributed by atoms with Crippen LogP contribution in [0.2, 0.25) is 0 Å². The highest BCUT2D eigenvalue weighted by Crippen LogP contribution is 2.09. The van der Waals surface area contributed by atoms with Crippen molar-refractivity contribution in [2.24, 2.45) is 4.99 Å². The fourth-order valence-electron chi connectivity index (χ4n) is 1.12. The zero-order chi connectivity index (χ0) is 8.93. The van der Waals surface area contributed by atoms with Crippen LogP contribution in [0.25, 0.3) is 0 Å². The highest BCUT2D eigenvalue weighted by atomic mass is 32.2. The van der Waals surface area contributed by atoms with E-state index in [1.807, 2.05) is 12.1 Å². The minimum absolute atomic E-state index is 0.842. The molecule has 0 fully saturated rings. The van der Waals surface area contributed by atoms with Gasteiger partial charge in [0.05, 0.1) is 6.54 Å². The van der Waals surface area contributed by atoms with Crippen LogP contribution in [0.1, 0.15) is 5.56 Å². The monoisotopic (exact) mass is 193 g/mol. The summed E-state index contributed by atoms with van der Waals surface area (Å²) in [5, 5.41) is 4.35. The summed E-state index contributed by atoms with van der Waals surface area (Å²) in [5.74, 6) is 1.11. The average molecular weight is 193 g/mol. The smallest absolute Gasteiger partial charge is 0.156 e. The molecule has 1 aromatic rings. The molecule has 0 aliphatic carbocycles. The molecule has 0 bridgehead atoms. The van der Waals surface area contributed by atoms with E-state index in [1.165, 1.54) is 5.56 Å². The number of nitrogens with one attached hydrogen (secondary N) is 1. The topological polar surface area (TPSA) is 37.3 Å². The first-order valence-electron chi connectivity index (χ1n) is 4.25. The summed E-state index contributed by atoms with van der Waals surface area (Å²) in [5.41, 5.74) is 1.24. The fourth-order valence-corrected chi connectivity index (χ4v) is 1.85. The van der Waals surface area contributed by atoms with Crippen LogP contribution in [-0.2, 0) is 6.54 Å². The Bertz CT molecular complexity index is 297. The Morgan fingerprint density at radius 3 is 2.92 bits per heavy atom. The van der Waals surface area contributed by atoms with Crippen molar-refractivity contribution in [1.82, 2.24) is 10.3 Å². The van der Waals surface area contributed by atoms with Gasteiger partial charge in [0.1, 0.15) is 0 Å². The van der Waals surface area contributed by atoms with Gasteiger partial charge in [-0.1, -0.05) is 11.8 Å². The van der Waals surface area contributed by atoms with Crippen molar-refractivity contribution >= 4 is 16.9 Å². The van der Waals surface area contributed by atoms with Crippen molar-refractivity contribution in [2.75, 3.05) is 12.3 Å². The molecule has 13 heavy (non-hydrogen) atoms. The molecule has 0 aromatic carbocycles. The van der Waals surface area contributed by atoms with Crippen molar-refractivity contribution in [3.8, 4) is 0 Å². The van der Waals surface area contributed by atoms with Gasteiger partial charge in [0, 0.05) is 24.7 Å². The van der Waals surface area contributed by atoms with Gasteiger partial charge in [-0.2, -0.15) is 0 Å². The maximum Gasteiger partial charge on any atom is 0.156 e. The molecule has 0 saturated heterocycles. The van der Waals surface area contributed by atoms with E-state index in [9.17, 15) is 0 Å². The molecule has 0 atom stereocenters. The minimum atomic E-state index is 0.842. The van der Waals surface area contributed by atoms with Crippen LogP contribution in [0.15, 0.2) is 29.5 Å². The lowest BCUT2D eigenvalue weighted by atomic mass is 10.3. The number of pyridine rings is 1. The molecule has 1 aliphatic heterocycles. The van der Waals surface area contributed by atoms with Crippen molar-refractivity contribution in [1.29, 1.82) is 0 Å². The summed E-state index contributed by atoms with van der Waals surface area (Å²) in [4.78, 5) is 8.27. The summed E-state index contributed by atoms with van der Waals surface area (Å²) in [6.45, 7) is 1.79. The van der Waals surface area contributed by atoms with Crippen LogP contribution in [0.3, 0.4) is 0 Å². The number of aromatic nitrogens is 1. The lowest BCUT2D eigenvalue weighted by Gasteiger charge is -2.03. The highest BCUT2D eigenvalue weighted by Gasteiger charge is 2.05. The van der Waals surface area contributed by atoms with Gasteiger partial charge in [0.15, 0.2) is 5.17 Å². The zero-order valence-electron chi connectivity index (χ0n) is 7.23. The SMILES string of the molecule is c1cc(CNC2=NCCS2)ccn1. The van der Waals surface area contributed by atoms with E-state index in [-0.39, 0.29) is 0 Å². The third-order valence-electron chi connectivity index (χ3n) is 1.78. The summed E-state index contributed by atoms with van der Waals surface area (Å²) in [7, 11) is 0. The molecule has 4 heteroatoms. The molecule has 0 spiro atoms. The Kier molecular flexibility index (Phi) is 2.82. The standard InChI is InChI=1S/C9H11N3S/c1-3-10-4-2-8(1)7-12-9-11-5-6-13-9/h1-4H,5-7H2,(H,11,12). The number of rotatable bonds is 2. The molecule has 3 nitrogen and oxygen atoms in total. The molecule has 0 unspecified atom stereocenters. The normalized spacial score (nSPS) is 15.5. The first-order chi connectivity index (χ1) is 6.45. The van der Waals surface area contributed by atoms with Gasteiger partial charge in [0.2, 0.25) is 0 Å². The van der Waals surface area contributed by atoms with E-state index in [2.05, 4.69) is 15.3 Å². The second-order valence-electron chi connectivity index (χ2n) is 2.74.